The molecule has 1 aliphatic carbocycles. The summed E-state index contributed by atoms with van der Waals surface area (Å²) in [6.45, 7) is 4.70. The highest BCUT2D eigenvalue weighted by atomic mass is 31.1. The maximum absolute atomic E-state index is 14.5. The molecule has 0 radical (unpaired) electrons. The minimum atomic E-state index is -2.61. The van der Waals surface area contributed by atoms with Gasteiger partial charge < -0.3 is 14.8 Å². The Morgan fingerprint density at radius 1 is 1.19 bits per heavy atom. The molecular weight excluding hydrogens is 364 g/mol. The molecule has 7 nitrogen and oxygen atoms in total. The molecule has 0 saturated heterocycles. The van der Waals surface area contributed by atoms with Gasteiger partial charge >= 0.3 is 20.1 Å². The lowest BCUT2D eigenvalue weighted by molar-refractivity contribution is -0.168. The van der Waals surface area contributed by atoms with Crippen LogP contribution in [0.25, 0.3) is 0 Å². The number of alkyl carbamates (subject to hydrolysis) is 1. The molecule has 1 unspecified atom stereocenters. The molecule has 0 aromatic heterocycles. The summed E-state index contributed by atoms with van der Waals surface area (Å²) in [5, 5.41) is 2.37. The number of alkyl halides is 1. The lowest BCUT2D eigenvalue weighted by Gasteiger charge is -2.24. The molecule has 4 atom stereocenters. The summed E-state index contributed by atoms with van der Waals surface area (Å²) >= 11 is 0. The number of hydrogen-bond acceptors (Lipinski definition) is 5. The average molecular weight is 394 g/mol. The molecule has 150 valence electrons. The summed E-state index contributed by atoms with van der Waals surface area (Å²) in [6.07, 6.45) is 1.10. The van der Waals surface area contributed by atoms with Crippen LogP contribution in [0.5, 0.6) is 0 Å². The number of halogens is 1. The first-order valence-corrected chi connectivity index (χ1v) is 10.4. The van der Waals surface area contributed by atoms with Crippen molar-refractivity contribution < 1.29 is 32.9 Å². The molecule has 0 heterocycles. The minimum absolute atomic E-state index is 0.0305. The zero-order chi connectivity index (χ0) is 19.7. The number of amides is 1. The van der Waals surface area contributed by atoms with E-state index in [1.54, 1.807) is 13.8 Å². The second-order valence-corrected chi connectivity index (χ2v) is 8.19. The summed E-state index contributed by atoms with van der Waals surface area (Å²) in [7, 11) is -2.61. The molecule has 9 heteroatoms. The fourth-order valence-corrected chi connectivity index (χ4v) is 4.17. The highest BCUT2D eigenvalue weighted by Gasteiger charge is 2.44. The number of carbonyl (C=O) groups is 2. The Bertz CT molecular complexity index is 484. The molecule has 1 amide bonds. The molecular formula is C17H30FNO6P+. The third-order valence-corrected chi connectivity index (χ3v) is 5.73. The van der Waals surface area contributed by atoms with Crippen molar-refractivity contribution in [3.8, 4) is 0 Å². The number of hydrogen-bond donors (Lipinski definition) is 2. The van der Waals surface area contributed by atoms with Crippen LogP contribution in [0.1, 0.15) is 59.3 Å². The number of esters is 1. The standard InChI is InChI=1S/C17H29FNO6P/c1-11(2)16(20)24-12(3)25-17(21)19-10-9-14(18)15(26(22)23)13-7-5-4-6-8-13/h11-15H,4-10H2,1-3H3,(H-,19,21,22,23)/p+1/t12-,14-,15-/m0/s1. The quantitative estimate of drug-likeness (QED) is 0.351. The third kappa shape index (κ3) is 7.96. The van der Waals surface area contributed by atoms with E-state index in [1.165, 1.54) is 6.92 Å². The van der Waals surface area contributed by atoms with Gasteiger partial charge in [0, 0.05) is 25.8 Å². The van der Waals surface area contributed by atoms with Gasteiger partial charge in [-0.25, -0.2) is 9.18 Å². The van der Waals surface area contributed by atoms with Gasteiger partial charge in [-0.3, -0.25) is 4.79 Å². The number of carbonyl (C=O) groups excluding carboxylic acids is 2. The molecule has 0 bridgehead atoms. The van der Waals surface area contributed by atoms with Gasteiger partial charge in [-0.2, -0.15) is 4.89 Å². The molecule has 0 aromatic rings. The van der Waals surface area contributed by atoms with Gasteiger partial charge in [0.25, 0.3) is 0 Å². The smallest absolute Gasteiger partial charge is 0.425 e. The SMILES string of the molecule is CC(C)C(=O)O[C@H](C)OC(=O)NCC[C@H](F)[C@H](C1CCCCC1)[P+](=O)O. The Morgan fingerprint density at radius 2 is 1.81 bits per heavy atom. The largest absolute Gasteiger partial charge is 0.512 e. The van der Waals surface area contributed by atoms with E-state index in [0.29, 0.717) is 0 Å². The maximum Gasteiger partial charge on any atom is 0.512 e. The van der Waals surface area contributed by atoms with Crippen LogP contribution in [0, 0.1) is 11.8 Å². The third-order valence-electron chi connectivity index (χ3n) is 4.47. The Labute approximate surface area is 154 Å². The maximum atomic E-state index is 14.5. The molecule has 1 saturated carbocycles. The molecule has 0 aliphatic heterocycles. The Balaban J connectivity index is 2.36. The van der Waals surface area contributed by atoms with E-state index in [1.807, 2.05) is 0 Å². The van der Waals surface area contributed by atoms with Crippen molar-refractivity contribution in [1.29, 1.82) is 0 Å². The fourth-order valence-electron chi connectivity index (χ4n) is 3.09. The highest BCUT2D eigenvalue weighted by molar-refractivity contribution is 7.39. The average Bonchev–Trinajstić information content (AvgIpc) is 2.55. The van der Waals surface area contributed by atoms with Crippen LogP contribution in [0.15, 0.2) is 0 Å². The molecule has 0 aromatic carbocycles. The predicted octanol–water partition coefficient (Wildman–Crippen LogP) is 3.67. The molecule has 1 rings (SSSR count). The van der Waals surface area contributed by atoms with Crippen LogP contribution in [0.4, 0.5) is 9.18 Å². The van der Waals surface area contributed by atoms with Crippen molar-refractivity contribution >= 4 is 20.1 Å². The second kappa shape index (κ2) is 11.4. The zero-order valence-electron chi connectivity index (χ0n) is 15.7. The predicted molar refractivity (Wildman–Crippen MR) is 94.6 cm³/mol. The van der Waals surface area contributed by atoms with Gasteiger partial charge in [0.15, 0.2) is 6.17 Å². The Morgan fingerprint density at radius 3 is 2.35 bits per heavy atom. The van der Waals surface area contributed by atoms with Crippen LogP contribution >= 0.6 is 8.03 Å². The first-order valence-electron chi connectivity index (χ1n) is 9.16. The van der Waals surface area contributed by atoms with E-state index in [9.17, 15) is 23.4 Å². The molecule has 2 N–H and O–H groups in total. The zero-order valence-corrected chi connectivity index (χ0v) is 16.5. The van der Waals surface area contributed by atoms with E-state index in [2.05, 4.69) is 5.32 Å². The molecule has 1 aliphatic rings. The minimum Gasteiger partial charge on any atom is -0.425 e. The summed E-state index contributed by atoms with van der Waals surface area (Å²) in [5.74, 6) is -0.917. The van der Waals surface area contributed by atoms with Crippen molar-refractivity contribution in [2.24, 2.45) is 11.8 Å². The molecule has 1 fully saturated rings. The molecule has 26 heavy (non-hydrogen) atoms. The van der Waals surface area contributed by atoms with E-state index in [4.69, 9.17) is 9.47 Å². The van der Waals surface area contributed by atoms with Gasteiger partial charge in [-0.1, -0.05) is 33.1 Å². The van der Waals surface area contributed by atoms with Crippen molar-refractivity contribution in [2.45, 2.75) is 77.4 Å². The lowest BCUT2D eigenvalue weighted by atomic mass is 9.85. The van der Waals surface area contributed by atoms with Gasteiger partial charge in [0.1, 0.15) is 0 Å². The van der Waals surface area contributed by atoms with Crippen molar-refractivity contribution in [3.05, 3.63) is 0 Å². The van der Waals surface area contributed by atoms with Crippen molar-refractivity contribution in [3.63, 3.8) is 0 Å². The number of rotatable bonds is 9. The van der Waals surface area contributed by atoms with Crippen LogP contribution in [-0.2, 0) is 18.8 Å². The number of ether oxygens (including phenoxy) is 2. The van der Waals surface area contributed by atoms with Gasteiger partial charge in [-0.05, 0) is 17.4 Å². The van der Waals surface area contributed by atoms with Crippen LogP contribution in [0.3, 0.4) is 0 Å². The summed E-state index contributed by atoms with van der Waals surface area (Å²) in [5.41, 5.74) is -0.894. The van der Waals surface area contributed by atoms with Crippen LogP contribution < -0.4 is 5.32 Å². The van der Waals surface area contributed by atoms with Crippen LogP contribution in [-0.4, -0.2) is 41.6 Å². The van der Waals surface area contributed by atoms with E-state index >= 15 is 0 Å². The normalized spacial score (nSPS) is 19.4. The summed E-state index contributed by atoms with van der Waals surface area (Å²) in [6, 6.07) is 0. The summed E-state index contributed by atoms with van der Waals surface area (Å²) in [4.78, 5) is 32.5. The van der Waals surface area contributed by atoms with E-state index in [0.717, 1.165) is 32.1 Å². The van der Waals surface area contributed by atoms with Crippen LogP contribution in [0.2, 0.25) is 0 Å². The number of nitrogens with one attached hydrogen (secondary N) is 1. The molecule has 0 spiro atoms. The Hall–Kier alpha value is -1.27. The van der Waals surface area contributed by atoms with Gasteiger partial charge in [-0.15, -0.1) is 0 Å². The lowest BCUT2D eigenvalue weighted by Crippen LogP contribution is -2.35. The van der Waals surface area contributed by atoms with Gasteiger partial charge in [0.05, 0.1) is 5.92 Å². The van der Waals surface area contributed by atoms with E-state index in [-0.39, 0.29) is 24.8 Å². The second-order valence-electron chi connectivity index (χ2n) is 6.99. The van der Waals surface area contributed by atoms with Crippen molar-refractivity contribution in [2.75, 3.05) is 6.54 Å². The first kappa shape index (κ1) is 22.8. The first-order chi connectivity index (χ1) is 12.2. The van der Waals surface area contributed by atoms with Gasteiger partial charge in [0.2, 0.25) is 11.9 Å². The van der Waals surface area contributed by atoms with E-state index < -0.39 is 38.2 Å². The Kier molecular flexibility index (Phi) is 10.0. The monoisotopic (exact) mass is 394 g/mol. The topological polar surface area (TPSA) is 102 Å². The summed E-state index contributed by atoms with van der Waals surface area (Å²) < 4.78 is 35.8. The highest BCUT2D eigenvalue weighted by Crippen LogP contribution is 2.41. The van der Waals surface area contributed by atoms with Crippen molar-refractivity contribution in [1.82, 2.24) is 5.32 Å². The fraction of sp³-hybridized carbons (Fsp3) is 0.882.